The first-order valence-electron chi connectivity index (χ1n) is 10.4. The number of hydrogen-bond donors (Lipinski definition) is 2. The van der Waals surface area contributed by atoms with Crippen LogP contribution in [-0.2, 0) is 4.79 Å². The molecule has 2 aromatic carbocycles. The quantitative estimate of drug-likeness (QED) is 0.610. The molecule has 1 aliphatic rings. The van der Waals surface area contributed by atoms with Crippen LogP contribution in [0.4, 0.5) is 0 Å². The maximum atomic E-state index is 12.9. The number of fused-ring (bicyclic) bond motifs is 1. The van der Waals surface area contributed by atoms with Crippen molar-refractivity contribution in [3.8, 4) is 0 Å². The van der Waals surface area contributed by atoms with Gasteiger partial charge in [0.2, 0.25) is 5.91 Å². The van der Waals surface area contributed by atoms with Gasteiger partial charge in [-0.25, -0.2) is 0 Å². The summed E-state index contributed by atoms with van der Waals surface area (Å²) in [4.78, 5) is 30.4. The summed E-state index contributed by atoms with van der Waals surface area (Å²) < 4.78 is 0. The molecule has 0 bridgehead atoms. The van der Waals surface area contributed by atoms with Gasteiger partial charge in [-0.2, -0.15) is 0 Å². The van der Waals surface area contributed by atoms with Crippen LogP contribution in [0.3, 0.4) is 0 Å². The number of aromatic nitrogens is 1. The van der Waals surface area contributed by atoms with Gasteiger partial charge in [-0.15, -0.1) is 0 Å². The van der Waals surface area contributed by atoms with E-state index in [1.807, 2.05) is 66.4 Å². The van der Waals surface area contributed by atoms with Gasteiger partial charge in [0.1, 0.15) is 5.69 Å². The summed E-state index contributed by atoms with van der Waals surface area (Å²) in [6.45, 7) is 3.34. The van der Waals surface area contributed by atoms with Gasteiger partial charge in [0.05, 0.1) is 6.04 Å². The zero-order valence-corrected chi connectivity index (χ0v) is 17.8. The van der Waals surface area contributed by atoms with Crippen molar-refractivity contribution in [1.82, 2.24) is 15.2 Å². The molecule has 4 rings (SSSR count). The third-order valence-electron chi connectivity index (χ3n) is 5.87. The standard InChI is InChI=1S/C24H26ClN3O2/c1-16(18-5-3-2-4-6-18)26-23(29)13-17-9-11-28(12-10-17)24(30)22-15-19-14-20(25)7-8-21(19)27-22/h2-8,14-17,27H,9-13H2,1H3,(H,26,29)/t16-/m1/s1. The van der Waals surface area contributed by atoms with Gasteiger partial charge in [-0.1, -0.05) is 41.9 Å². The lowest BCUT2D eigenvalue weighted by Gasteiger charge is -2.31. The second-order valence-corrected chi connectivity index (χ2v) is 8.49. The molecule has 2 amide bonds. The molecule has 1 fully saturated rings. The van der Waals surface area contributed by atoms with Gasteiger partial charge < -0.3 is 15.2 Å². The molecular formula is C24H26ClN3O2. The van der Waals surface area contributed by atoms with Gasteiger partial charge >= 0.3 is 0 Å². The molecule has 0 aliphatic carbocycles. The molecule has 0 radical (unpaired) electrons. The molecule has 6 heteroatoms. The first-order chi connectivity index (χ1) is 14.5. The first-order valence-corrected chi connectivity index (χ1v) is 10.8. The Morgan fingerprint density at radius 3 is 2.60 bits per heavy atom. The molecule has 2 heterocycles. The maximum Gasteiger partial charge on any atom is 0.270 e. The van der Waals surface area contributed by atoms with Crippen LogP contribution in [0.5, 0.6) is 0 Å². The normalized spacial score (nSPS) is 15.9. The number of benzene rings is 2. The maximum absolute atomic E-state index is 12.9. The van der Waals surface area contributed by atoms with E-state index in [2.05, 4.69) is 10.3 Å². The highest BCUT2D eigenvalue weighted by Gasteiger charge is 2.26. The summed E-state index contributed by atoms with van der Waals surface area (Å²) in [5.74, 6) is 0.380. The Morgan fingerprint density at radius 1 is 1.13 bits per heavy atom. The number of piperidine rings is 1. The smallest absolute Gasteiger partial charge is 0.270 e. The molecular weight excluding hydrogens is 398 g/mol. The van der Waals surface area contributed by atoms with E-state index in [1.165, 1.54) is 0 Å². The summed E-state index contributed by atoms with van der Waals surface area (Å²) in [6.07, 6.45) is 2.18. The fourth-order valence-corrected chi connectivity index (χ4v) is 4.30. The van der Waals surface area contributed by atoms with Crippen molar-refractivity contribution in [3.63, 3.8) is 0 Å². The fraction of sp³-hybridized carbons (Fsp3) is 0.333. The predicted octanol–water partition coefficient (Wildman–Crippen LogP) is 4.94. The molecule has 1 saturated heterocycles. The lowest BCUT2D eigenvalue weighted by molar-refractivity contribution is -0.122. The van der Waals surface area contributed by atoms with E-state index in [1.54, 1.807) is 0 Å². The van der Waals surface area contributed by atoms with Crippen molar-refractivity contribution in [2.24, 2.45) is 5.92 Å². The number of H-pyrrole nitrogens is 1. The molecule has 1 aromatic heterocycles. The number of carbonyl (C=O) groups excluding carboxylic acids is 2. The van der Waals surface area contributed by atoms with Gasteiger partial charge in [0.15, 0.2) is 0 Å². The van der Waals surface area contributed by atoms with E-state index in [9.17, 15) is 9.59 Å². The van der Waals surface area contributed by atoms with Crippen LogP contribution < -0.4 is 5.32 Å². The van der Waals surface area contributed by atoms with Crippen molar-refractivity contribution in [3.05, 3.63) is 70.9 Å². The molecule has 0 saturated carbocycles. The highest BCUT2D eigenvalue weighted by Crippen LogP contribution is 2.25. The van der Waals surface area contributed by atoms with Crippen molar-refractivity contribution in [2.75, 3.05) is 13.1 Å². The lowest BCUT2D eigenvalue weighted by Crippen LogP contribution is -2.40. The molecule has 156 valence electrons. The topological polar surface area (TPSA) is 65.2 Å². The number of likely N-dealkylation sites (tertiary alicyclic amines) is 1. The largest absolute Gasteiger partial charge is 0.351 e. The molecule has 1 aliphatic heterocycles. The minimum atomic E-state index is -0.00381. The van der Waals surface area contributed by atoms with Crippen LogP contribution >= 0.6 is 11.6 Å². The number of halogens is 1. The highest BCUT2D eigenvalue weighted by molar-refractivity contribution is 6.31. The fourth-order valence-electron chi connectivity index (χ4n) is 4.12. The summed E-state index contributed by atoms with van der Waals surface area (Å²) in [5.41, 5.74) is 2.59. The summed E-state index contributed by atoms with van der Waals surface area (Å²) in [7, 11) is 0. The number of nitrogens with one attached hydrogen (secondary N) is 2. The highest BCUT2D eigenvalue weighted by atomic mass is 35.5. The zero-order chi connectivity index (χ0) is 21.1. The van der Waals surface area contributed by atoms with Crippen LogP contribution in [0, 0.1) is 5.92 Å². The van der Waals surface area contributed by atoms with Gasteiger partial charge in [0, 0.05) is 35.4 Å². The molecule has 2 N–H and O–H groups in total. The summed E-state index contributed by atoms with van der Waals surface area (Å²) >= 11 is 6.04. The number of aromatic amines is 1. The summed E-state index contributed by atoms with van der Waals surface area (Å²) in [6, 6.07) is 17.4. The second kappa shape index (κ2) is 8.92. The first kappa shape index (κ1) is 20.5. The van der Waals surface area contributed by atoms with Gasteiger partial charge in [0.25, 0.3) is 5.91 Å². The minimum Gasteiger partial charge on any atom is -0.351 e. The number of amides is 2. The molecule has 30 heavy (non-hydrogen) atoms. The Labute approximate surface area is 181 Å². The average molecular weight is 424 g/mol. The van der Waals surface area contributed by atoms with Crippen LogP contribution in [-0.4, -0.2) is 34.8 Å². The Hall–Kier alpha value is -2.79. The van der Waals surface area contributed by atoms with Crippen molar-refractivity contribution < 1.29 is 9.59 Å². The average Bonchev–Trinajstić information content (AvgIpc) is 3.17. The summed E-state index contributed by atoms with van der Waals surface area (Å²) in [5, 5.41) is 4.68. The number of nitrogens with zero attached hydrogens (tertiary/aromatic N) is 1. The third-order valence-corrected chi connectivity index (χ3v) is 6.10. The Bertz CT molecular complexity index is 1040. The lowest BCUT2D eigenvalue weighted by atomic mass is 9.92. The second-order valence-electron chi connectivity index (χ2n) is 8.05. The van der Waals surface area contributed by atoms with E-state index in [4.69, 9.17) is 11.6 Å². The van der Waals surface area contributed by atoms with Crippen LogP contribution in [0.15, 0.2) is 54.6 Å². The van der Waals surface area contributed by atoms with Crippen molar-refractivity contribution in [1.29, 1.82) is 0 Å². The third kappa shape index (κ3) is 4.68. The van der Waals surface area contributed by atoms with E-state index < -0.39 is 0 Å². The Morgan fingerprint density at radius 2 is 1.87 bits per heavy atom. The Kier molecular flexibility index (Phi) is 6.09. The van der Waals surface area contributed by atoms with Gasteiger partial charge in [-0.3, -0.25) is 9.59 Å². The molecule has 0 spiro atoms. The molecule has 0 unspecified atom stereocenters. The molecule has 3 aromatic rings. The van der Waals surface area contributed by atoms with E-state index in [0.717, 1.165) is 29.3 Å². The van der Waals surface area contributed by atoms with E-state index >= 15 is 0 Å². The van der Waals surface area contributed by atoms with Crippen LogP contribution in [0.25, 0.3) is 10.9 Å². The van der Waals surface area contributed by atoms with Crippen molar-refractivity contribution >= 4 is 34.3 Å². The van der Waals surface area contributed by atoms with E-state index in [-0.39, 0.29) is 17.9 Å². The molecule has 5 nitrogen and oxygen atoms in total. The van der Waals surface area contributed by atoms with Gasteiger partial charge in [-0.05, 0) is 55.5 Å². The monoisotopic (exact) mass is 423 g/mol. The van der Waals surface area contributed by atoms with E-state index in [0.29, 0.717) is 36.1 Å². The number of hydrogen-bond acceptors (Lipinski definition) is 2. The number of carbonyl (C=O) groups is 2. The zero-order valence-electron chi connectivity index (χ0n) is 17.0. The molecule has 1 atom stereocenters. The van der Waals surface area contributed by atoms with Crippen LogP contribution in [0.2, 0.25) is 5.02 Å². The van der Waals surface area contributed by atoms with Crippen LogP contribution in [0.1, 0.15) is 48.3 Å². The predicted molar refractivity (Wildman–Crippen MR) is 120 cm³/mol. The Balaban J connectivity index is 1.28. The van der Waals surface area contributed by atoms with Crippen molar-refractivity contribution in [2.45, 2.75) is 32.2 Å². The number of rotatable bonds is 5. The minimum absolute atomic E-state index is 0.00271. The SMILES string of the molecule is C[C@@H](NC(=O)CC1CCN(C(=O)c2cc3cc(Cl)ccc3[nH]2)CC1)c1ccccc1.